The van der Waals surface area contributed by atoms with Crippen LogP contribution in [-0.2, 0) is 0 Å². The zero-order valence-electron chi connectivity index (χ0n) is 12.5. The first-order chi connectivity index (χ1) is 8.64. The molecule has 2 heteroatoms. The summed E-state index contributed by atoms with van der Waals surface area (Å²) in [6.45, 7) is 6.86. The number of rotatable bonds is 7. The summed E-state index contributed by atoms with van der Waals surface area (Å²) in [5.74, 6) is 0. The monoisotopic (exact) mass is 253 g/mol. The van der Waals surface area contributed by atoms with Crippen LogP contribution in [0.25, 0.3) is 0 Å². The van der Waals surface area contributed by atoms with Crippen molar-refractivity contribution in [2.45, 2.75) is 102 Å². The largest absolute Gasteiger partial charge is 0.388 e. The molecule has 0 bridgehead atoms. The van der Waals surface area contributed by atoms with E-state index in [-0.39, 0.29) is 5.60 Å². The summed E-state index contributed by atoms with van der Waals surface area (Å²) in [6, 6.07) is 1.80. The smallest absolute Gasteiger partial charge is 0.0817 e. The Bertz CT molecular complexity index is 260. The molecule has 2 rings (SSSR count). The Labute approximate surface area is 113 Å². The molecule has 1 N–H and O–H groups in total. The Hall–Kier alpha value is -0.0800. The molecule has 1 saturated heterocycles. The molecule has 1 saturated carbocycles. The van der Waals surface area contributed by atoms with Crippen molar-refractivity contribution in [1.29, 1.82) is 0 Å². The van der Waals surface area contributed by atoms with Gasteiger partial charge in [0.1, 0.15) is 0 Å². The second-order valence-electron chi connectivity index (χ2n) is 6.52. The fraction of sp³-hybridized carbons (Fsp3) is 1.00. The van der Waals surface area contributed by atoms with Crippen LogP contribution in [-0.4, -0.2) is 33.7 Å². The second-order valence-corrected chi connectivity index (χ2v) is 6.52. The van der Waals surface area contributed by atoms with Crippen molar-refractivity contribution in [3.8, 4) is 0 Å². The fourth-order valence-electron chi connectivity index (χ4n) is 3.94. The van der Waals surface area contributed by atoms with Gasteiger partial charge in [-0.1, -0.05) is 46.0 Å². The van der Waals surface area contributed by atoms with Crippen LogP contribution in [0.5, 0.6) is 0 Å². The summed E-state index contributed by atoms with van der Waals surface area (Å²) in [5.41, 5.74) is -0.347. The summed E-state index contributed by atoms with van der Waals surface area (Å²) >= 11 is 0. The van der Waals surface area contributed by atoms with Crippen molar-refractivity contribution in [1.82, 2.24) is 4.90 Å². The molecule has 0 aromatic rings. The van der Waals surface area contributed by atoms with E-state index in [0.717, 1.165) is 12.8 Å². The van der Waals surface area contributed by atoms with Crippen molar-refractivity contribution < 1.29 is 5.11 Å². The standard InChI is InChI=1S/C16H31NO/c1-4-6-7-10-14-15(17(14)13(3)5-2)16(18)11-8-9-12-16/h13-15,18H,4-12H2,1-3H3. The number of unbranched alkanes of at least 4 members (excludes halogenated alkanes) is 2. The molecular weight excluding hydrogens is 222 g/mol. The van der Waals surface area contributed by atoms with Crippen LogP contribution in [0.4, 0.5) is 0 Å². The zero-order chi connectivity index (χ0) is 13.2. The normalized spacial score (nSPS) is 35.7. The Balaban J connectivity index is 1.94. The predicted octanol–water partition coefficient (Wildman–Crippen LogP) is 3.72. The summed E-state index contributed by atoms with van der Waals surface area (Å²) in [6.07, 6.45) is 11.0. The van der Waals surface area contributed by atoms with Gasteiger partial charge in [-0.15, -0.1) is 0 Å². The Morgan fingerprint density at radius 2 is 1.89 bits per heavy atom. The molecule has 18 heavy (non-hydrogen) atoms. The van der Waals surface area contributed by atoms with Gasteiger partial charge in [0.25, 0.3) is 0 Å². The van der Waals surface area contributed by atoms with E-state index < -0.39 is 0 Å². The summed E-state index contributed by atoms with van der Waals surface area (Å²) in [7, 11) is 0. The number of hydrogen-bond acceptors (Lipinski definition) is 2. The predicted molar refractivity (Wildman–Crippen MR) is 76.7 cm³/mol. The van der Waals surface area contributed by atoms with Gasteiger partial charge in [-0.05, 0) is 32.6 Å². The van der Waals surface area contributed by atoms with Crippen molar-refractivity contribution in [2.75, 3.05) is 0 Å². The molecule has 0 aromatic heterocycles. The van der Waals surface area contributed by atoms with Gasteiger partial charge in [0.2, 0.25) is 0 Å². The molecule has 1 aliphatic carbocycles. The van der Waals surface area contributed by atoms with E-state index in [2.05, 4.69) is 25.7 Å². The maximum absolute atomic E-state index is 10.8. The van der Waals surface area contributed by atoms with Crippen molar-refractivity contribution in [3.63, 3.8) is 0 Å². The van der Waals surface area contributed by atoms with Crippen LogP contribution >= 0.6 is 0 Å². The molecule has 1 heterocycles. The fourth-order valence-corrected chi connectivity index (χ4v) is 3.94. The minimum absolute atomic E-state index is 0.347. The quantitative estimate of drug-likeness (QED) is 0.552. The summed E-state index contributed by atoms with van der Waals surface area (Å²) in [4.78, 5) is 2.61. The van der Waals surface area contributed by atoms with Gasteiger partial charge >= 0.3 is 0 Å². The van der Waals surface area contributed by atoms with Gasteiger partial charge in [-0.25, -0.2) is 0 Å². The third kappa shape index (κ3) is 2.75. The highest BCUT2D eigenvalue weighted by atomic mass is 16.3. The molecule has 2 nitrogen and oxygen atoms in total. The molecule has 4 unspecified atom stereocenters. The van der Waals surface area contributed by atoms with E-state index in [4.69, 9.17) is 0 Å². The van der Waals surface area contributed by atoms with Crippen molar-refractivity contribution in [2.24, 2.45) is 0 Å². The van der Waals surface area contributed by atoms with Gasteiger partial charge in [0.05, 0.1) is 11.6 Å². The molecule has 0 aromatic carbocycles. The molecule has 1 aliphatic heterocycles. The van der Waals surface area contributed by atoms with Gasteiger partial charge in [-0.2, -0.15) is 0 Å². The molecule has 2 aliphatic rings. The van der Waals surface area contributed by atoms with Crippen LogP contribution in [0.2, 0.25) is 0 Å². The Morgan fingerprint density at radius 3 is 2.44 bits per heavy atom. The topological polar surface area (TPSA) is 23.2 Å². The maximum Gasteiger partial charge on any atom is 0.0817 e. The van der Waals surface area contributed by atoms with Gasteiger partial charge in [0, 0.05) is 12.1 Å². The second kappa shape index (κ2) is 5.92. The van der Waals surface area contributed by atoms with Crippen LogP contribution in [0, 0.1) is 0 Å². The minimum atomic E-state index is -0.347. The first kappa shape index (κ1) is 14.3. The highest BCUT2D eigenvalue weighted by Crippen LogP contribution is 2.48. The van der Waals surface area contributed by atoms with E-state index >= 15 is 0 Å². The maximum atomic E-state index is 10.8. The van der Waals surface area contributed by atoms with Crippen LogP contribution in [0.15, 0.2) is 0 Å². The van der Waals surface area contributed by atoms with Gasteiger partial charge in [-0.3, -0.25) is 4.90 Å². The molecule has 0 spiro atoms. The van der Waals surface area contributed by atoms with Crippen LogP contribution in [0.3, 0.4) is 0 Å². The molecule has 0 amide bonds. The lowest BCUT2D eigenvalue weighted by Crippen LogP contribution is -2.36. The van der Waals surface area contributed by atoms with Crippen molar-refractivity contribution >= 4 is 0 Å². The summed E-state index contributed by atoms with van der Waals surface area (Å²) < 4.78 is 0. The van der Waals surface area contributed by atoms with Gasteiger partial charge < -0.3 is 5.11 Å². The Kier molecular flexibility index (Phi) is 4.71. The number of hydrogen-bond donors (Lipinski definition) is 1. The van der Waals surface area contributed by atoms with E-state index in [1.807, 2.05) is 0 Å². The zero-order valence-corrected chi connectivity index (χ0v) is 12.5. The van der Waals surface area contributed by atoms with Crippen LogP contribution in [0.1, 0.15) is 78.6 Å². The lowest BCUT2D eigenvalue weighted by Gasteiger charge is -2.23. The SMILES string of the molecule is CCCCCC1C(C2(O)CCCC2)N1C(C)CC. The third-order valence-electron chi connectivity index (χ3n) is 5.20. The lowest BCUT2D eigenvalue weighted by molar-refractivity contribution is 0.0291. The van der Waals surface area contributed by atoms with Crippen molar-refractivity contribution in [3.05, 3.63) is 0 Å². The average molecular weight is 253 g/mol. The highest BCUT2D eigenvalue weighted by molar-refractivity contribution is 5.15. The van der Waals surface area contributed by atoms with Gasteiger partial charge in [0.15, 0.2) is 0 Å². The first-order valence-corrected chi connectivity index (χ1v) is 8.14. The molecule has 4 atom stereocenters. The summed E-state index contributed by atoms with van der Waals surface area (Å²) in [5, 5.41) is 10.8. The average Bonchev–Trinajstić information content (AvgIpc) is 2.94. The number of aliphatic hydroxyl groups is 1. The number of nitrogens with zero attached hydrogens (tertiary/aromatic N) is 1. The first-order valence-electron chi connectivity index (χ1n) is 8.14. The molecule has 0 radical (unpaired) electrons. The van der Waals surface area contributed by atoms with Crippen LogP contribution < -0.4 is 0 Å². The van der Waals surface area contributed by atoms with E-state index in [1.165, 1.54) is 44.9 Å². The minimum Gasteiger partial charge on any atom is -0.388 e. The lowest BCUT2D eigenvalue weighted by atomic mass is 9.94. The highest BCUT2D eigenvalue weighted by Gasteiger charge is 2.59. The molecule has 2 fully saturated rings. The van der Waals surface area contributed by atoms with E-state index in [0.29, 0.717) is 18.1 Å². The van der Waals surface area contributed by atoms with E-state index in [9.17, 15) is 5.11 Å². The third-order valence-corrected chi connectivity index (χ3v) is 5.20. The molecule has 106 valence electrons. The Morgan fingerprint density at radius 1 is 1.22 bits per heavy atom. The molecular formula is C16H31NO. The van der Waals surface area contributed by atoms with E-state index in [1.54, 1.807) is 0 Å².